The predicted molar refractivity (Wildman–Crippen MR) is 90.6 cm³/mol. The third-order valence-corrected chi connectivity index (χ3v) is 3.98. The molecule has 4 N–H and O–H groups in total. The van der Waals surface area contributed by atoms with Crippen LogP contribution in [0.3, 0.4) is 0 Å². The molecule has 138 valence electrons. The first-order valence-corrected chi connectivity index (χ1v) is 7.98. The number of guanidine groups is 2. The molecule has 0 radical (unpaired) electrons. The Morgan fingerprint density at radius 1 is 1.20 bits per heavy atom. The molecule has 0 bridgehead atoms. The van der Waals surface area contributed by atoms with Crippen LogP contribution < -0.4 is 16.2 Å². The van der Waals surface area contributed by atoms with Gasteiger partial charge in [-0.15, -0.1) is 13.2 Å². The van der Waals surface area contributed by atoms with Crippen molar-refractivity contribution >= 4 is 17.6 Å². The number of nitrogens with two attached hydrogens (primary N) is 2. The fourth-order valence-corrected chi connectivity index (χ4v) is 2.96. The molecule has 1 aliphatic heterocycles. The van der Waals surface area contributed by atoms with Crippen LogP contribution in [0.1, 0.15) is 33.1 Å². The van der Waals surface area contributed by atoms with Crippen LogP contribution in [0, 0.1) is 0 Å². The molecule has 9 heteroatoms. The molecule has 0 aliphatic carbocycles. The molecule has 1 aromatic carbocycles. The lowest BCUT2D eigenvalue weighted by Crippen LogP contribution is -2.51. The van der Waals surface area contributed by atoms with Gasteiger partial charge in [-0.3, -0.25) is 0 Å². The van der Waals surface area contributed by atoms with Gasteiger partial charge in [-0.1, -0.05) is 6.07 Å². The minimum Gasteiger partial charge on any atom is -0.406 e. The van der Waals surface area contributed by atoms with E-state index in [9.17, 15) is 13.2 Å². The van der Waals surface area contributed by atoms with E-state index in [1.165, 1.54) is 18.2 Å². The Balaban J connectivity index is 2.16. The van der Waals surface area contributed by atoms with Gasteiger partial charge in [0.25, 0.3) is 0 Å². The SMILES string of the molecule is CC1CCCC(C)N1C(N)=NC(N)=Nc1cccc(OC(F)(F)F)c1. The maximum Gasteiger partial charge on any atom is 0.573 e. The molecule has 2 unspecified atom stereocenters. The number of halogens is 3. The minimum absolute atomic E-state index is 0.133. The summed E-state index contributed by atoms with van der Waals surface area (Å²) in [7, 11) is 0. The van der Waals surface area contributed by atoms with Gasteiger partial charge in [0.2, 0.25) is 5.96 Å². The molecule has 0 aromatic heterocycles. The average Bonchev–Trinajstić information content (AvgIpc) is 2.45. The van der Waals surface area contributed by atoms with Crippen molar-refractivity contribution in [2.75, 3.05) is 0 Å². The quantitative estimate of drug-likeness (QED) is 0.629. The topological polar surface area (TPSA) is 89.2 Å². The number of nitrogens with zero attached hydrogens (tertiary/aromatic N) is 3. The summed E-state index contributed by atoms with van der Waals surface area (Å²) in [4.78, 5) is 10.1. The zero-order valence-electron chi connectivity index (χ0n) is 14.1. The summed E-state index contributed by atoms with van der Waals surface area (Å²) in [5.74, 6) is -0.257. The van der Waals surface area contributed by atoms with Gasteiger partial charge in [0, 0.05) is 18.2 Å². The lowest BCUT2D eigenvalue weighted by atomic mass is 9.98. The molecule has 25 heavy (non-hydrogen) atoms. The normalized spacial score (nSPS) is 22.8. The number of rotatable bonds is 2. The largest absolute Gasteiger partial charge is 0.573 e. The Hall–Kier alpha value is -2.45. The van der Waals surface area contributed by atoms with Crippen LogP contribution in [0.25, 0.3) is 0 Å². The molecule has 2 rings (SSSR count). The highest BCUT2D eigenvalue weighted by atomic mass is 19.4. The zero-order chi connectivity index (χ0) is 18.6. The van der Waals surface area contributed by atoms with Gasteiger partial charge >= 0.3 is 6.36 Å². The van der Waals surface area contributed by atoms with E-state index in [0.29, 0.717) is 0 Å². The fourth-order valence-electron chi connectivity index (χ4n) is 2.96. The molecular weight excluding hydrogens is 335 g/mol. The Morgan fingerprint density at radius 2 is 1.84 bits per heavy atom. The molecule has 1 aliphatic rings. The molecule has 0 saturated carbocycles. The van der Waals surface area contributed by atoms with Crippen LogP contribution in [0.4, 0.5) is 18.9 Å². The number of hydrogen-bond acceptors (Lipinski definition) is 2. The smallest absolute Gasteiger partial charge is 0.406 e. The monoisotopic (exact) mass is 357 g/mol. The second kappa shape index (κ2) is 7.62. The van der Waals surface area contributed by atoms with Crippen LogP contribution in [0.15, 0.2) is 34.3 Å². The predicted octanol–water partition coefficient (Wildman–Crippen LogP) is 3.11. The van der Waals surface area contributed by atoms with Crippen LogP contribution in [0.2, 0.25) is 0 Å². The summed E-state index contributed by atoms with van der Waals surface area (Å²) in [5, 5.41) is 0. The van der Waals surface area contributed by atoms with E-state index >= 15 is 0 Å². The molecule has 1 aromatic rings. The van der Waals surface area contributed by atoms with Crippen molar-refractivity contribution in [2.24, 2.45) is 21.5 Å². The van der Waals surface area contributed by atoms with Crippen molar-refractivity contribution in [3.05, 3.63) is 24.3 Å². The van der Waals surface area contributed by atoms with Crippen molar-refractivity contribution in [3.8, 4) is 5.75 Å². The number of likely N-dealkylation sites (tertiary alicyclic amines) is 1. The number of ether oxygens (including phenoxy) is 1. The Kier molecular flexibility index (Phi) is 5.76. The van der Waals surface area contributed by atoms with E-state index < -0.39 is 6.36 Å². The van der Waals surface area contributed by atoms with E-state index in [0.717, 1.165) is 25.3 Å². The van der Waals surface area contributed by atoms with E-state index in [1.807, 2.05) is 4.90 Å². The molecule has 0 amide bonds. The average molecular weight is 357 g/mol. The summed E-state index contributed by atoms with van der Waals surface area (Å²) in [5.41, 5.74) is 12.0. The Bertz CT molecular complexity index is 649. The minimum atomic E-state index is -4.77. The number of piperidine rings is 1. The summed E-state index contributed by atoms with van der Waals surface area (Å²) >= 11 is 0. The highest BCUT2D eigenvalue weighted by Crippen LogP contribution is 2.26. The van der Waals surface area contributed by atoms with Crippen LogP contribution >= 0.6 is 0 Å². The van der Waals surface area contributed by atoms with Crippen molar-refractivity contribution in [1.29, 1.82) is 0 Å². The first-order valence-electron chi connectivity index (χ1n) is 7.98. The number of hydrogen-bond donors (Lipinski definition) is 2. The van der Waals surface area contributed by atoms with Crippen LogP contribution in [-0.2, 0) is 0 Å². The van der Waals surface area contributed by atoms with E-state index in [4.69, 9.17) is 11.5 Å². The van der Waals surface area contributed by atoms with Gasteiger partial charge < -0.3 is 21.1 Å². The van der Waals surface area contributed by atoms with Crippen molar-refractivity contribution in [1.82, 2.24) is 4.90 Å². The highest BCUT2D eigenvalue weighted by Gasteiger charge is 2.31. The third-order valence-electron chi connectivity index (χ3n) is 3.98. The number of benzene rings is 1. The number of alkyl halides is 3. The van der Waals surface area contributed by atoms with Gasteiger partial charge in [-0.2, -0.15) is 4.99 Å². The van der Waals surface area contributed by atoms with Gasteiger partial charge in [0.15, 0.2) is 5.96 Å². The first-order chi connectivity index (χ1) is 11.7. The zero-order valence-corrected chi connectivity index (χ0v) is 14.1. The number of aliphatic imine (C=N–C) groups is 2. The highest BCUT2D eigenvalue weighted by molar-refractivity contribution is 5.94. The van der Waals surface area contributed by atoms with Crippen molar-refractivity contribution in [3.63, 3.8) is 0 Å². The van der Waals surface area contributed by atoms with Gasteiger partial charge in [-0.25, -0.2) is 4.99 Å². The fraction of sp³-hybridized carbons (Fsp3) is 0.500. The molecule has 2 atom stereocenters. The lowest BCUT2D eigenvalue weighted by molar-refractivity contribution is -0.274. The van der Waals surface area contributed by atoms with Gasteiger partial charge in [-0.05, 0) is 45.2 Å². The molecule has 0 spiro atoms. The maximum atomic E-state index is 12.3. The van der Waals surface area contributed by atoms with E-state index in [1.54, 1.807) is 0 Å². The van der Waals surface area contributed by atoms with E-state index in [-0.39, 0.29) is 35.4 Å². The molecule has 1 fully saturated rings. The molecule has 6 nitrogen and oxygen atoms in total. The first kappa shape index (κ1) is 18.9. The van der Waals surface area contributed by atoms with Gasteiger partial charge in [0.1, 0.15) is 5.75 Å². The van der Waals surface area contributed by atoms with Crippen LogP contribution in [-0.4, -0.2) is 35.3 Å². The summed E-state index contributed by atoms with van der Waals surface area (Å²) in [6, 6.07) is 5.66. The summed E-state index contributed by atoms with van der Waals surface area (Å²) < 4.78 is 40.6. The molecule has 1 heterocycles. The van der Waals surface area contributed by atoms with Crippen LogP contribution in [0.5, 0.6) is 5.75 Å². The standard InChI is InChI=1S/C16H22F3N5O/c1-10-5-3-6-11(2)24(10)15(21)23-14(20)22-12-7-4-8-13(9-12)25-16(17,18)19/h4,7-11H,3,5-6H2,1-2H3,(H4,20,21,22,23). The molecular formula is C16H22F3N5O. The Morgan fingerprint density at radius 3 is 2.44 bits per heavy atom. The summed E-state index contributed by atoms with van der Waals surface area (Å²) in [6.45, 7) is 4.12. The second-order valence-electron chi connectivity index (χ2n) is 6.02. The Labute approximate surface area is 144 Å². The lowest BCUT2D eigenvalue weighted by Gasteiger charge is -2.39. The third kappa shape index (κ3) is 5.54. The van der Waals surface area contributed by atoms with E-state index in [2.05, 4.69) is 28.6 Å². The van der Waals surface area contributed by atoms with Crippen molar-refractivity contribution in [2.45, 2.75) is 51.6 Å². The van der Waals surface area contributed by atoms with Crippen molar-refractivity contribution < 1.29 is 17.9 Å². The van der Waals surface area contributed by atoms with Gasteiger partial charge in [0.05, 0.1) is 5.69 Å². The molecule has 1 saturated heterocycles. The second-order valence-corrected chi connectivity index (χ2v) is 6.02. The summed E-state index contributed by atoms with van der Waals surface area (Å²) in [6.07, 6.45) is -1.62. The maximum absolute atomic E-state index is 12.3.